The van der Waals surface area contributed by atoms with Crippen molar-refractivity contribution in [1.29, 1.82) is 0 Å². The Morgan fingerprint density at radius 1 is 1.15 bits per heavy atom. The first kappa shape index (κ1) is 19.4. The van der Waals surface area contributed by atoms with E-state index in [4.69, 9.17) is 0 Å². The summed E-state index contributed by atoms with van der Waals surface area (Å²) in [7, 11) is -3.48. The molecule has 26 heavy (non-hydrogen) atoms. The minimum Gasteiger partial charge on any atom is -0.349 e. The molecular formula is C20H30N2O3S. The van der Waals surface area contributed by atoms with Crippen LogP contribution < -0.4 is 5.32 Å². The maximum atomic E-state index is 12.6. The van der Waals surface area contributed by atoms with Gasteiger partial charge in [-0.2, -0.15) is 4.31 Å². The Kier molecular flexibility index (Phi) is 5.72. The molecule has 6 heteroatoms. The Labute approximate surface area is 157 Å². The van der Waals surface area contributed by atoms with Crippen LogP contribution in [-0.4, -0.2) is 37.8 Å². The molecule has 5 nitrogen and oxygen atoms in total. The fourth-order valence-electron chi connectivity index (χ4n) is 4.79. The van der Waals surface area contributed by atoms with E-state index in [-0.39, 0.29) is 16.8 Å². The Morgan fingerprint density at radius 2 is 1.81 bits per heavy atom. The molecule has 144 valence electrons. The summed E-state index contributed by atoms with van der Waals surface area (Å²) in [5, 5.41) is 3.13. The molecule has 0 aromatic heterocycles. The quantitative estimate of drug-likeness (QED) is 0.792. The number of rotatable bonds is 7. The number of nitrogens with one attached hydrogen (secondary N) is 1. The Morgan fingerprint density at radius 3 is 2.31 bits per heavy atom. The zero-order chi connectivity index (χ0) is 18.9. The molecule has 2 saturated carbocycles. The van der Waals surface area contributed by atoms with Crippen LogP contribution >= 0.6 is 0 Å². The number of fused-ring (bicyclic) bond motifs is 2. The fourth-order valence-corrected chi connectivity index (χ4v) is 6.25. The Balaban J connectivity index is 1.65. The zero-order valence-electron chi connectivity index (χ0n) is 15.9. The molecule has 4 unspecified atom stereocenters. The van der Waals surface area contributed by atoms with E-state index in [0.717, 1.165) is 11.8 Å². The molecule has 0 saturated heterocycles. The predicted octanol–water partition coefficient (Wildman–Crippen LogP) is 3.27. The summed E-state index contributed by atoms with van der Waals surface area (Å²) in [6.45, 7) is 6.60. The summed E-state index contributed by atoms with van der Waals surface area (Å²) in [6.07, 6.45) is 5.20. The van der Waals surface area contributed by atoms with Crippen molar-refractivity contribution in [2.45, 2.75) is 57.4 Å². The number of carbonyl (C=O) groups excluding carboxylic acids is 1. The summed E-state index contributed by atoms with van der Waals surface area (Å²) in [5.41, 5.74) is 0.513. The summed E-state index contributed by atoms with van der Waals surface area (Å²) >= 11 is 0. The number of hydrogen-bond donors (Lipinski definition) is 1. The summed E-state index contributed by atoms with van der Waals surface area (Å²) in [6, 6.07) is 6.45. The average Bonchev–Trinajstić information content (AvgIpc) is 3.26. The number of amides is 1. The highest BCUT2D eigenvalue weighted by Crippen LogP contribution is 2.49. The van der Waals surface area contributed by atoms with Gasteiger partial charge in [0.05, 0.1) is 4.90 Å². The van der Waals surface area contributed by atoms with Crippen molar-refractivity contribution in [3.8, 4) is 0 Å². The standard InChI is InChI=1S/C20H30N2O3S/c1-4-22(5-2)26(24,25)18-10-8-16(9-11-18)20(23)21-14(3)19-13-15-6-7-17(19)12-15/h8-11,14-15,17,19H,4-7,12-13H2,1-3H3,(H,21,23). The van der Waals surface area contributed by atoms with Gasteiger partial charge in [0.25, 0.3) is 5.91 Å². The van der Waals surface area contributed by atoms with Gasteiger partial charge in [-0.05, 0) is 68.2 Å². The van der Waals surface area contributed by atoms with Gasteiger partial charge in [0, 0.05) is 24.7 Å². The number of benzene rings is 1. The molecule has 0 radical (unpaired) electrons. The molecule has 2 fully saturated rings. The maximum absolute atomic E-state index is 12.6. The molecule has 3 rings (SSSR count). The van der Waals surface area contributed by atoms with E-state index >= 15 is 0 Å². The third-order valence-corrected chi connectivity index (χ3v) is 8.32. The molecule has 1 aromatic rings. The summed E-state index contributed by atoms with van der Waals surface area (Å²) < 4.78 is 26.5. The van der Waals surface area contributed by atoms with E-state index in [0.29, 0.717) is 24.6 Å². The highest BCUT2D eigenvalue weighted by molar-refractivity contribution is 7.89. The normalized spacial score (nSPS) is 26.2. The minimum atomic E-state index is -3.48. The van der Waals surface area contributed by atoms with Crippen molar-refractivity contribution in [1.82, 2.24) is 9.62 Å². The van der Waals surface area contributed by atoms with Crippen molar-refractivity contribution in [2.24, 2.45) is 17.8 Å². The SMILES string of the molecule is CCN(CC)S(=O)(=O)c1ccc(C(=O)NC(C)C2CC3CCC2C3)cc1. The lowest BCUT2D eigenvalue weighted by Crippen LogP contribution is -2.40. The maximum Gasteiger partial charge on any atom is 0.251 e. The van der Waals surface area contributed by atoms with Gasteiger partial charge < -0.3 is 5.32 Å². The lowest BCUT2D eigenvalue weighted by Gasteiger charge is -2.28. The monoisotopic (exact) mass is 378 g/mol. The molecule has 2 aliphatic rings. The highest BCUT2D eigenvalue weighted by Gasteiger charge is 2.42. The van der Waals surface area contributed by atoms with Crippen LogP contribution in [0.2, 0.25) is 0 Å². The minimum absolute atomic E-state index is 0.118. The molecule has 0 aliphatic heterocycles. The third kappa shape index (κ3) is 3.67. The van der Waals surface area contributed by atoms with Gasteiger partial charge in [-0.25, -0.2) is 8.42 Å². The lowest BCUT2D eigenvalue weighted by molar-refractivity contribution is 0.0915. The molecular weight excluding hydrogens is 348 g/mol. The van der Waals surface area contributed by atoms with E-state index < -0.39 is 10.0 Å². The van der Waals surface area contributed by atoms with E-state index in [1.165, 1.54) is 42.1 Å². The van der Waals surface area contributed by atoms with Gasteiger partial charge in [-0.1, -0.05) is 20.3 Å². The van der Waals surface area contributed by atoms with Crippen molar-refractivity contribution >= 4 is 15.9 Å². The molecule has 2 bridgehead atoms. The zero-order valence-corrected chi connectivity index (χ0v) is 16.8. The second-order valence-electron chi connectivity index (χ2n) is 7.71. The second kappa shape index (κ2) is 7.69. The second-order valence-corrected chi connectivity index (χ2v) is 9.65. The first-order valence-electron chi connectivity index (χ1n) is 9.77. The third-order valence-electron chi connectivity index (χ3n) is 6.25. The van der Waals surface area contributed by atoms with Gasteiger partial charge >= 0.3 is 0 Å². The van der Waals surface area contributed by atoms with Crippen LogP contribution in [0.15, 0.2) is 29.2 Å². The van der Waals surface area contributed by atoms with Gasteiger partial charge in [0.15, 0.2) is 0 Å². The van der Waals surface area contributed by atoms with Crippen LogP contribution in [0.1, 0.15) is 56.8 Å². The van der Waals surface area contributed by atoms with Crippen LogP contribution in [0, 0.1) is 17.8 Å². The first-order valence-corrected chi connectivity index (χ1v) is 11.2. The number of carbonyl (C=O) groups is 1. The van der Waals surface area contributed by atoms with E-state index in [2.05, 4.69) is 12.2 Å². The van der Waals surface area contributed by atoms with Crippen molar-refractivity contribution in [3.05, 3.63) is 29.8 Å². The lowest BCUT2D eigenvalue weighted by atomic mass is 9.84. The molecule has 1 amide bonds. The number of sulfonamides is 1. The average molecular weight is 379 g/mol. The molecule has 1 N–H and O–H groups in total. The van der Waals surface area contributed by atoms with E-state index in [9.17, 15) is 13.2 Å². The molecule has 2 aliphatic carbocycles. The molecule has 0 spiro atoms. The van der Waals surface area contributed by atoms with Crippen LogP contribution in [0.5, 0.6) is 0 Å². The predicted molar refractivity (Wildman–Crippen MR) is 102 cm³/mol. The van der Waals surface area contributed by atoms with Crippen molar-refractivity contribution < 1.29 is 13.2 Å². The Hall–Kier alpha value is -1.40. The van der Waals surface area contributed by atoms with Crippen molar-refractivity contribution in [3.63, 3.8) is 0 Å². The first-order chi connectivity index (χ1) is 12.4. The molecule has 4 atom stereocenters. The topological polar surface area (TPSA) is 66.5 Å². The van der Waals surface area contributed by atoms with Gasteiger partial charge in [-0.15, -0.1) is 0 Å². The van der Waals surface area contributed by atoms with Gasteiger partial charge in [0.2, 0.25) is 10.0 Å². The van der Waals surface area contributed by atoms with E-state index in [1.54, 1.807) is 12.1 Å². The van der Waals surface area contributed by atoms with E-state index in [1.807, 2.05) is 13.8 Å². The number of nitrogens with zero attached hydrogens (tertiary/aromatic N) is 1. The van der Waals surface area contributed by atoms with Crippen LogP contribution in [0.3, 0.4) is 0 Å². The highest BCUT2D eigenvalue weighted by atomic mass is 32.2. The summed E-state index contributed by atoms with van der Waals surface area (Å²) in [5.74, 6) is 2.08. The largest absolute Gasteiger partial charge is 0.349 e. The van der Waals surface area contributed by atoms with Gasteiger partial charge in [-0.3, -0.25) is 4.79 Å². The van der Waals surface area contributed by atoms with Crippen molar-refractivity contribution in [2.75, 3.05) is 13.1 Å². The smallest absolute Gasteiger partial charge is 0.251 e. The van der Waals surface area contributed by atoms with Crippen LogP contribution in [-0.2, 0) is 10.0 Å². The molecule has 0 heterocycles. The Bertz CT molecular complexity index is 741. The van der Waals surface area contributed by atoms with Gasteiger partial charge in [0.1, 0.15) is 0 Å². The summed E-state index contributed by atoms with van der Waals surface area (Å²) in [4.78, 5) is 12.8. The van der Waals surface area contributed by atoms with Crippen LogP contribution in [0.25, 0.3) is 0 Å². The van der Waals surface area contributed by atoms with Crippen LogP contribution in [0.4, 0.5) is 0 Å². The fraction of sp³-hybridized carbons (Fsp3) is 0.650. The molecule has 1 aromatic carbocycles. The number of hydrogen-bond acceptors (Lipinski definition) is 3.